The summed E-state index contributed by atoms with van der Waals surface area (Å²) in [5, 5.41) is 12.5. The van der Waals surface area contributed by atoms with Crippen molar-refractivity contribution in [2.45, 2.75) is 44.7 Å². The molecule has 0 spiro atoms. The van der Waals surface area contributed by atoms with Crippen LogP contribution in [0.5, 0.6) is 11.8 Å². The average molecular weight is 736 g/mol. The Morgan fingerprint density at radius 3 is 2.67 bits per heavy atom. The molecule has 1 unspecified atom stereocenters. The summed E-state index contributed by atoms with van der Waals surface area (Å²) >= 11 is 5.13. The SMILES string of the molecule is C=Cc1c(F)ccc2cc(O)cc(-c3[nH]c(=O)c4c(N(C[C@H](C)CC=S)C(C)c5cccnc5N)nc(OC[C@@H]5CC(F)(F)CN5C)nc4c3F)c12. The molecule has 52 heavy (non-hydrogen) atoms. The Hall–Kier alpha value is -5.15. The molecular formula is C37H37F4N7O3S. The first-order valence-electron chi connectivity index (χ1n) is 16.6. The molecule has 0 bridgehead atoms. The number of H-pyrrole nitrogens is 1. The number of likely N-dealkylation sites (tertiary alicyclic amines) is 1. The summed E-state index contributed by atoms with van der Waals surface area (Å²) in [6.07, 6.45) is 2.84. The van der Waals surface area contributed by atoms with Crippen LogP contribution in [-0.2, 0) is 0 Å². The molecule has 272 valence electrons. The molecule has 1 fully saturated rings. The van der Waals surface area contributed by atoms with Crippen molar-refractivity contribution in [3.63, 3.8) is 0 Å². The first kappa shape index (κ1) is 36.6. The monoisotopic (exact) mass is 735 g/mol. The first-order valence-corrected chi connectivity index (χ1v) is 17.0. The minimum atomic E-state index is -2.92. The van der Waals surface area contributed by atoms with Gasteiger partial charge in [0.15, 0.2) is 5.82 Å². The van der Waals surface area contributed by atoms with Gasteiger partial charge in [0.2, 0.25) is 0 Å². The summed E-state index contributed by atoms with van der Waals surface area (Å²) < 4.78 is 66.6. The van der Waals surface area contributed by atoms with Crippen LogP contribution in [0.15, 0.2) is 54.0 Å². The Bertz CT molecular complexity index is 2250. The van der Waals surface area contributed by atoms with Crippen molar-refractivity contribution in [3.05, 3.63) is 82.3 Å². The predicted octanol–water partition coefficient (Wildman–Crippen LogP) is 7.05. The van der Waals surface area contributed by atoms with Crippen LogP contribution in [0, 0.1) is 17.6 Å². The molecule has 1 aliphatic heterocycles. The van der Waals surface area contributed by atoms with Gasteiger partial charge in [0.25, 0.3) is 11.5 Å². The second kappa shape index (κ2) is 14.5. The van der Waals surface area contributed by atoms with Gasteiger partial charge in [-0.05, 0) is 61.3 Å². The van der Waals surface area contributed by atoms with Gasteiger partial charge in [-0.1, -0.05) is 43.9 Å². The van der Waals surface area contributed by atoms with Crippen LogP contribution >= 0.6 is 12.2 Å². The van der Waals surface area contributed by atoms with E-state index in [1.165, 1.54) is 41.4 Å². The minimum Gasteiger partial charge on any atom is -0.508 e. The largest absolute Gasteiger partial charge is 0.508 e. The summed E-state index contributed by atoms with van der Waals surface area (Å²) in [6, 6.07) is 7.03. The number of benzene rings is 2. The number of ether oxygens (including phenoxy) is 1. The number of anilines is 2. The second-order valence-corrected chi connectivity index (χ2v) is 13.5. The number of aromatic hydroxyl groups is 1. The maximum atomic E-state index is 17.1. The lowest BCUT2D eigenvalue weighted by Crippen LogP contribution is -2.34. The summed E-state index contributed by atoms with van der Waals surface area (Å²) in [6.45, 7) is 7.02. The predicted molar refractivity (Wildman–Crippen MR) is 198 cm³/mol. The van der Waals surface area contributed by atoms with E-state index in [2.05, 4.69) is 26.5 Å². The van der Waals surface area contributed by atoms with Crippen LogP contribution in [0.25, 0.3) is 39.0 Å². The number of nitrogen functional groups attached to an aromatic ring is 1. The van der Waals surface area contributed by atoms with Gasteiger partial charge in [-0.3, -0.25) is 9.69 Å². The molecule has 6 rings (SSSR count). The Labute approximate surface area is 302 Å². The minimum absolute atomic E-state index is 0.0117. The van der Waals surface area contributed by atoms with Crippen molar-refractivity contribution in [3.8, 4) is 23.0 Å². The zero-order valence-electron chi connectivity index (χ0n) is 28.7. The Morgan fingerprint density at radius 2 is 2.00 bits per heavy atom. The van der Waals surface area contributed by atoms with Gasteiger partial charge in [-0.2, -0.15) is 9.97 Å². The Kier molecular flexibility index (Phi) is 10.2. The van der Waals surface area contributed by atoms with E-state index in [4.69, 9.17) is 22.7 Å². The maximum Gasteiger partial charge on any atom is 0.319 e. The average Bonchev–Trinajstić information content (AvgIpc) is 3.37. The molecule has 1 saturated heterocycles. The quantitative estimate of drug-likeness (QED) is 0.0904. The van der Waals surface area contributed by atoms with Gasteiger partial charge >= 0.3 is 6.01 Å². The molecule has 5 aromatic rings. The zero-order chi connectivity index (χ0) is 37.5. The molecule has 3 atom stereocenters. The number of hydrogen-bond donors (Lipinski definition) is 3. The van der Waals surface area contributed by atoms with E-state index in [1.807, 2.05) is 13.8 Å². The number of halogens is 4. The molecule has 4 heterocycles. The number of thiocarbonyl (C=S) groups is 1. The number of likely N-dealkylation sites (N-methyl/N-ethyl adjacent to an activating group) is 1. The second-order valence-electron chi connectivity index (χ2n) is 13.2. The van der Waals surface area contributed by atoms with E-state index in [0.29, 0.717) is 17.4 Å². The van der Waals surface area contributed by atoms with Gasteiger partial charge in [-0.15, -0.1) is 0 Å². The normalized spacial score (nSPS) is 16.9. The van der Waals surface area contributed by atoms with Crippen LogP contribution in [0.2, 0.25) is 0 Å². The summed E-state index contributed by atoms with van der Waals surface area (Å²) in [5.74, 6) is -4.74. The van der Waals surface area contributed by atoms with Crippen molar-refractivity contribution in [2.75, 3.05) is 37.4 Å². The topological polar surface area (TPSA) is 133 Å². The third-order valence-electron chi connectivity index (χ3n) is 9.44. The smallest absolute Gasteiger partial charge is 0.319 e. The van der Waals surface area contributed by atoms with E-state index in [-0.39, 0.29) is 70.1 Å². The van der Waals surface area contributed by atoms with E-state index < -0.39 is 53.7 Å². The number of nitrogens with one attached hydrogen (secondary N) is 1. The zero-order valence-corrected chi connectivity index (χ0v) is 29.5. The van der Waals surface area contributed by atoms with Crippen molar-refractivity contribution in [2.24, 2.45) is 5.92 Å². The number of aromatic nitrogens is 4. The van der Waals surface area contributed by atoms with Gasteiger partial charge in [0, 0.05) is 47.3 Å². The molecule has 3 aromatic heterocycles. The molecule has 1 aliphatic rings. The van der Waals surface area contributed by atoms with Gasteiger partial charge in [-0.25, -0.2) is 22.5 Å². The molecule has 0 saturated carbocycles. The number of fused-ring (bicyclic) bond motifs is 2. The van der Waals surface area contributed by atoms with Crippen molar-refractivity contribution in [1.82, 2.24) is 24.8 Å². The van der Waals surface area contributed by atoms with Crippen LogP contribution in [0.4, 0.5) is 29.2 Å². The number of hydrogen-bond acceptors (Lipinski definition) is 10. The number of aromatic amines is 1. The summed E-state index contributed by atoms with van der Waals surface area (Å²) in [7, 11) is 1.55. The lowest BCUT2D eigenvalue weighted by atomic mass is 9.95. The molecule has 4 N–H and O–H groups in total. The number of nitrogens with zero attached hydrogens (tertiary/aromatic N) is 5. The molecule has 15 heteroatoms. The molecular weight excluding hydrogens is 699 g/mol. The molecule has 0 amide bonds. The van der Waals surface area contributed by atoms with Crippen LogP contribution in [0.1, 0.15) is 43.9 Å². The van der Waals surface area contributed by atoms with E-state index in [1.54, 1.807) is 29.4 Å². The van der Waals surface area contributed by atoms with Gasteiger partial charge < -0.3 is 25.5 Å². The fourth-order valence-corrected chi connectivity index (χ4v) is 7.15. The van der Waals surface area contributed by atoms with Crippen molar-refractivity contribution < 1.29 is 27.4 Å². The number of phenols is 1. The van der Waals surface area contributed by atoms with Crippen molar-refractivity contribution in [1.29, 1.82) is 0 Å². The van der Waals surface area contributed by atoms with Gasteiger partial charge in [0.05, 0.1) is 18.3 Å². The van der Waals surface area contributed by atoms with E-state index in [9.17, 15) is 18.7 Å². The molecule has 10 nitrogen and oxygen atoms in total. The van der Waals surface area contributed by atoms with Crippen LogP contribution in [0.3, 0.4) is 0 Å². The lowest BCUT2D eigenvalue weighted by molar-refractivity contribution is 0.0136. The number of phenolic OH excluding ortho intramolecular Hbond substituents is 1. The maximum absolute atomic E-state index is 17.1. The highest BCUT2D eigenvalue weighted by molar-refractivity contribution is 7.78. The summed E-state index contributed by atoms with van der Waals surface area (Å²) in [4.78, 5) is 33.2. The molecule has 0 aliphatic carbocycles. The van der Waals surface area contributed by atoms with E-state index >= 15 is 8.78 Å². The first-order chi connectivity index (χ1) is 24.7. The van der Waals surface area contributed by atoms with Crippen LogP contribution in [-0.4, -0.2) is 74.0 Å². The highest BCUT2D eigenvalue weighted by Crippen LogP contribution is 2.40. The third-order valence-corrected chi connectivity index (χ3v) is 9.63. The highest BCUT2D eigenvalue weighted by Gasteiger charge is 2.43. The lowest BCUT2D eigenvalue weighted by Gasteiger charge is -2.33. The number of pyridine rings is 2. The number of nitrogens with two attached hydrogens (primary N) is 1. The standard InChI is InChI=1S/C37H37F4N7O3S/c1-5-24-27(38)9-8-21-13-23(49)14-26(28(21)24)31-30(39)32-29(35(50)44-31)34(46-36(45-32)51-17-22-15-37(40,41)18-47(22)4)48(16-19(2)10-12-52)20(3)25-7-6-11-43-33(25)42/h5-9,11-14,19-20,22,49H,1,10,15-18H2,2-4H3,(H2,42,43)(H,44,50)/t19-,20?,22+/m1/s1. The highest BCUT2D eigenvalue weighted by atomic mass is 32.1. The Balaban J connectivity index is 1.61. The fourth-order valence-electron chi connectivity index (χ4n) is 6.82. The van der Waals surface area contributed by atoms with E-state index in [0.717, 1.165) is 0 Å². The number of alkyl halides is 2. The van der Waals surface area contributed by atoms with Crippen LogP contribution < -0.4 is 20.9 Å². The molecule has 2 aromatic carbocycles. The van der Waals surface area contributed by atoms with Crippen molar-refractivity contribution >= 4 is 57.0 Å². The Morgan fingerprint density at radius 1 is 1.23 bits per heavy atom. The number of rotatable bonds is 12. The fraction of sp³-hybridized carbons (Fsp3) is 0.324. The van der Waals surface area contributed by atoms with Gasteiger partial charge in [0.1, 0.15) is 40.7 Å². The molecule has 0 radical (unpaired) electrons. The third kappa shape index (κ3) is 7.02. The summed E-state index contributed by atoms with van der Waals surface area (Å²) in [5.41, 5.74) is 5.25.